The number of benzene rings is 1. The zero-order valence-corrected chi connectivity index (χ0v) is 19.2. The standard InChI is InChI=1S/C24H25F4N5O2/c1-15(18-9-19(25)11-20(26)10-18)32-13-22(29-14-32)30-23(34)16(2)31-8-5-24(27,28)21(12-31)17-3-6-33(35)7-4-17/h3-4,6-7,9-11,13-16,21H,5,8,12H2,1-2H3,(H,30,34)/t15?,16?,21-/m1/s1. The van der Waals surface area contributed by atoms with Gasteiger partial charge in [-0.1, -0.05) is 0 Å². The van der Waals surface area contributed by atoms with Crippen molar-refractivity contribution < 1.29 is 27.1 Å². The van der Waals surface area contributed by atoms with Gasteiger partial charge in [0.05, 0.1) is 24.3 Å². The number of piperidine rings is 1. The van der Waals surface area contributed by atoms with Crippen LogP contribution in [0.3, 0.4) is 0 Å². The summed E-state index contributed by atoms with van der Waals surface area (Å²) >= 11 is 0. The van der Waals surface area contributed by atoms with Crippen LogP contribution in [0.4, 0.5) is 23.4 Å². The molecule has 2 unspecified atom stereocenters. The summed E-state index contributed by atoms with van der Waals surface area (Å²) in [5.41, 5.74) is 0.732. The number of halogens is 4. The van der Waals surface area contributed by atoms with E-state index in [-0.39, 0.29) is 18.9 Å². The minimum absolute atomic E-state index is 0.0308. The van der Waals surface area contributed by atoms with E-state index in [0.29, 0.717) is 15.9 Å². The van der Waals surface area contributed by atoms with Gasteiger partial charge in [-0.25, -0.2) is 22.5 Å². The third kappa shape index (κ3) is 5.45. The number of carbonyl (C=O) groups excluding carboxylic acids is 1. The van der Waals surface area contributed by atoms with Crippen LogP contribution in [-0.2, 0) is 4.79 Å². The summed E-state index contributed by atoms with van der Waals surface area (Å²) in [6.45, 7) is 3.34. The molecule has 3 aromatic rings. The lowest BCUT2D eigenvalue weighted by atomic mass is 9.87. The van der Waals surface area contributed by atoms with Crippen molar-refractivity contribution in [3.8, 4) is 0 Å². The zero-order valence-electron chi connectivity index (χ0n) is 19.2. The average molecular weight is 491 g/mol. The molecule has 2 aromatic heterocycles. The minimum Gasteiger partial charge on any atom is -0.619 e. The van der Waals surface area contributed by atoms with Crippen molar-refractivity contribution in [3.63, 3.8) is 0 Å². The summed E-state index contributed by atoms with van der Waals surface area (Å²) in [4.78, 5) is 18.7. The molecule has 0 saturated carbocycles. The summed E-state index contributed by atoms with van der Waals surface area (Å²) in [6.07, 6.45) is 4.90. The van der Waals surface area contributed by atoms with Crippen LogP contribution in [0.15, 0.2) is 55.2 Å². The lowest BCUT2D eigenvalue weighted by Gasteiger charge is -2.40. The van der Waals surface area contributed by atoms with Gasteiger partial charge in [0.1, 0.15) is 11.6 Å². The third-order valence-electron chi connectivity index (χ3n) is 6.48. The molecule has 1 aliphatic rings. The van der Waals surface area contributed by atoms with E-state index >= 15 is 0 Å². The number of pyridine rings is 1. The fourth-order valence-electron chi connectivity index (χ4n) is 4.28. The molecule has 7 nitrogen and oxygen atoms in total. The Kier molecular flexibility index (Phi) is 6.79. The van der Waals surface area contributed by atoms with E-state index < -0.39 is 47.9 Å². The summed E-state index contributed by atoms with van der Waals surface area (Å²) < 4.78 is 58.5. The second kappa shape index (κ2) is 9.65. The van der Waals surface area contributed by atoms with Crippen LogP contribution < -0.4 is 10.0 Å². The van der Waals surface area contributed by atoms with Gasteiger partial charge in [0.2, 0.25) is 5.91 Å². The number of imidazole rings is 1. The first-order valence-electron chi connectivity index (χ1n) is 11.1. The van der Waals surface area contributed by atoms with Crippen LogP contribution in [0.2, 0.25) is 0 Å². The van der Waals surface area contributed by atoms with E-state index in [9.17, 15) is 27.6 Å². The number of alkyl halides is 2. The predicted octanol–water partition coefficient (Wildman–Crippen LogP) is 3.86. The van der Waals surface area contributed by atoms with E-state index in [4.69, 9.17) is 0 Å². The number of anilines is 1. The van der Waals surface area contributed by atoms with Crippen LogP contribution in [-0.4, -0.2) is 45.4 Å². The van der Waals surface area contributed by atoms with Gasteiger partial charge in [-0.05, 0) is 37.1 Å². The summed E-state index contributed by atoms with van der Waals surface area (Å²) in [6, 6.07) is 4.81. The van der Waals surface area contributed by atoms with E-state index in [2.05, 4.69) is 10.3 Å². The Morgan fingerprint density at radius 3 is 2.51 bits per heavy atom. The van der Waals surface area contributed by atoms with E-state index in [1.54, 1.807) is 23.3 Å². The number of hydrogen-bond acceptors (Lipinski definition) is 4. The molecule has 0 radical (unpaired) electrons. The third-order valence-corrected chi connectivity index (χ3v) is 6.48. The van der Waals surface area contributed by atoms with E-state index in [1.165, 1.54) is 49.2 Å². The van der Waals surface area contributed by atoms with Gasteiger partial charge in [0, 0.05) is 43.9 Å². The second-order valence-corrected chi connectivity index (χ2v) is 8.80. The highest BCUT2D eigenvalue weighted by Gasteiger charge is 2.46. The first-order chi connectivity index (χ1) is 16.5. The largest absolute Gasteiger partial charge is 0.619 e. The van der Waals surface area contributed by atoms with E-state index in [1.807, 2.05) is 0 Å². The number of likely N-dealkylation sites (tertiary alicyclic amines) is 1. The molecule has 35 heavy (non-hydrogen) atoms. The number of hydrogen-bond donors (Lipinski definition) is 1. The first kappa shape index (κ1) is 24.6. The molecule has 1 N–H and O–H groups in total. The van der Waals surface area contributed by atoms with Gasteiger partial charge < -0.3 is 15.1 Å². The Hall–Kier alpha value is -3.47. The average Bonchev–Trinajstić information content (AvgIpc) is 3.26. The topological polar surface area (TPSA) is 77.1 Å². The van der Waals surface area contributed by atoms with Crippen molar-refractivity contribution in [2.75, 3.05) is 18.4 Å². The van der Waals surface area contributed by atoms with Crippen molar-refractivity contribution in [3.05, 3.63) is 83.2 Å². The van der Waals surface area contributed by atoms with Crippen molar-refractivity contribution in [2.45, 2.75) is 44.2 Å². The summed E-state index contributed by atoms with van der Waals surface area (Å²) in [7, 11) is 0. The van der Waals surface area contributed by atoms with Gasteiger partial charge in [-0.2, -0.15) is 4.73 Å². The Labute approximate surface area is 199 Å². The Morgan fingerprint density at radius 2 is 1.86 bits per heavy atom. The van der Waals surface area contributed by atoms with Crippen LogP contribution in [0, 0.1) is 16.8 Å². The fourth-order valence-corrected chi connectivity index (χ4v) is 4.28. The highest BCUT2D eigenvalue weighted by molar-refractivity contribution is 5.93. The molecule has 1 fully saturated rings. The first-order valence-corrected chi connectivity index (χ1v) is 11.1. The van der Waals surface area contributed by atoms with Gasteiger partial charge in [0.25, 0.3) is 5.92 Å². The highest BCUT2D eigenvalue weighted by atomic mass is 19.3. The SMILES string of the molecule is CC(C(=O)Nc1cn(C(C)c2cc(F)cc(F)c2)cn1)N1CCC(F)(F)[C@@H](c2cc[n+]([O-])cc2)C1. The second-order valence-electron chi connectivity index (χ2n) is 8.80. The quantitative estimate of drug-likeness (QED) is 0.323. The number of nitrogens with one attached hydrogen (secondary N) is 1. The predicted molar refractivity (Wildman–Crippen MR) is 120 cm³/mol. The van der Waals surface area contributed by atoms with Crippen LogP contribution in [0.25, 0.3) is 0 Å². The van der Waals surface area contributed by atoms with Crippen molar-refractivity contribution in [1.29, 1.82) is 0 Å². The highest BCUT2D eigenvalue weighted by Crippen LogP contribution is 2.40. The Balaban J connectivity index is 1.43. The van der Waals surface area contributed by atoms with Crippen LogP contribution in [0.5, 0.6) is 0 Å². The zero-order chi connectivity index (χ0) is 25.3. The summed E-state index contributed by atoms with van der Waals surface area (Å²) in [5, 5.41) is 14.0. The maximum atomic E-state index is 14.6. The fraction of sp³-hybridized carbons (Fsp3) is 0.375. The van der Waals surface area contributed by atoms with Gasteiger partial charge in [-0.15, -0.1) is 0 Å². The number of nitrogens with zero attached hydrogens (tertiary/aromatic N) is 4. The molecule has 1 aromatic carbocycles. The number of carbonyl (C=O) groups is 1. The van der Waals surface area contributed by atoms with Crippen molar-refractivity contribution in [1.82, 2.24) is 14.5 Å². The van der Waals surface area contributed by atoms with Crippen LogP contribution in [0.1, 0.15) is 43.4 Å². The monoisotopic (exact) mass is 491 g/mol. The number of rotatable bonds is 6. The maximum Gasteiger partial charge on any atom is 0.257 e. The van der Waals surface area contributed by atoms with Crippen LogP contribution >= 0.6 is 0 Å². The lowest BCUT2D eigenvalue weighted by molar-refractivity contribution is -0.605. The molecule has 3 heterocycles. The Bertz CT molecular complexity index is 1180. The van der Waals surface area contributed by atoms with Crippen molar-refractivity contribution in [2.24, 2.45) is 0 Å². The molecule has 186 valence electrons. The van der Waals surface area contributed by atoms with E-state index in [0.717, 1.165) is 6.07 Å². The van der Waals surface area contributed by atoms with Crippen molar-refractivity contribution >= 4 is 11.7 Å². The molecule has 0 spiro atoms. The van der Waals surface area contributed by atoms with Gasteiger partial charge in [-0.3, -0.25) is 9.69 Å². The molecule has 3 atom stereocenters. The molecule has 1 aliphatic heterocycles. The molecule has 1 saturated heterocycles. The molecular weight excluding hydrogens is 466 g/mol. The minimum atomic E-state index is -2.97. The molecule has 0 bridgehead atoms. The molecule has 1 amide bonds. The Morgan fingerprint density at radius 1 is 1.20 bits per heavy atom. The summed E-state index contributed by atoms with van der Waals surface area (Å²) in [5.74, 6) is -5.70. The van der Waals surface area contributed by atoms with Gasteiger partial charge >= 0.3 is 0 Å². The maximum absolute atomic E-state index is 14.6. The number of amides is 1. The molecule has 0 aliphatic carbocycles. The molecule has 4 rings (SSSR count). The smallest absolute Gasteiger partial charge is 0.257 e. The normalized spacial score (nSPS) is 19.8. The molecular formula is C24H25F4N5O2. The lowest BCUT2D eigenvalue weighted by Crippen LogP contribution is -2.52. The van der Waals surface area contributed by atoms with Gasteiger partial charge in [0.15, 0.2) is 18.2 Å². The number of aromatic nitrogens is 3. The molecule has 11 heteroatoms.